The van der Waals surface area contributed by atoms with Crippen LogP contribution in [0.15, 0.2) is 53.0 Å². The maximum Gasteiger partial charge on any atom is 0.244 e. The van der Waals surface area contributed by atoms with E-state index in [1.54, 1.807) is 26.4 Å². The number of rotatable bonds is 7. The summed E-state index contributed by atoms with van der Waals surface area (Å²) < 4.78 is 11.5. The van der Waals surface area contributed by atoms with Crippen LogP contribution in [0.4, 0.5) is 0 Å². The molecule has 2 rings (SSSR count). The molecule has 0 radical (unpaired) electrons. The van der Waals surface area contributed by atoms with Crippen molar-refractivity contribution in [2.24, 2.45) is 0 Å². The van der Waals surface area contributed by atoms with E-state index in [1.165, 1.54) is 0 Å². The average Bonchev–Trinajstić information content (AvgIpc) is 2.61. The third-order valence-corrected chi connectivity index (χ3v) is 4.21. The Morgan fingerprint density at radius 3 is 2.46 bits per heavy atom. The second kappa shape index (κ2) is 9.13. The molecule has 0 fully saturated rings. The summed E-state index contributed by atoms with van der Waals surface area (Å²) in [6.07, 6.45) is 4.02. The molecule has 24 heavy (non-hydrogen) atoms. The SMILES string of the molecule is COc1cc(Br)c(CCNC(=O)/C=C/c2ccccc2)cc1OC. The first-order valence-electron chi connectivity index (χ1n) is 7.55. The van der Waals surface area contributed by atoms with E-state index < -0.39 is 0 Å². The predicted molar refractivity (Wildman–Crippen MR) is 99.4 cm³/mol. The van der Waals surface area contributed by atoms with Gasteiger partial charge in [0.1, 0.15) is 0 Å². The fourth-order valence-electron chi connectivity index (χ4n) is 2.20. The van der Waals surface area contributed by atoms with Crippen molar-refractivity contribution in [1.82, 2.24) is 5.32 Å². The highest BCUT2D eigenvalue weighted by Crippen LogP contribution is 2.33. The lowest BCUT2D eigenvalue weighted by Crippen LogP contribution is -2.23. The normalized spacial score (nSPS) is 10.6. The highest BCUT2D eigenvalue weighted by Gasteiger charge is 2.09. The fourth-order valence-corrected chi connectivity index (χ4v) is 2.72. The highest BCUT2D eigenvalue weighted by molar-refractivity contribution is 9.10. The minimum Gasteiger partial charge on any atom is -0.493 e. The van der Waals surface area contributed by atoms with Crippen molar-refractivity contribution in [3.8, 4) is 11.5 Å². The summed E-state index contributed by atoms with van der Waals surface area (Å²) in [4.78, 5) is 11.9. The molecule has 4 nitrogen and oxygen atoms in total. The van der Waals surface area contributed by atoms with Crippen LogP contribution in [-0.4, -0.2) is 26.7 Å². The van der Waals surface area contributed by atoms with Crippen LogP contribution >= 0.6 is 15.9 Å². The summed E-state index contributed by atoms with van der Waals surface area (Å²) in [6, 6.07) is 13.5. The van der Waals surface area contributed by atoms with E-state index in [2.05, 4.69) is 21.2 Å². The molecule has 0 spiro atoms. The van der Waals surface area contributed by atoms with Gasteiger partial charge in [-0.25, -0.2) is 0 Å². The van der Waals surface area contributed by atoms with Crippen LogP contribution in [0.5, 0.6) is 11.5 Å². The first kappa shape index (κ1) is 18.1. The fraction of sp³-hybridized carbons (Fsp3) is 0.211. The molecule has 126 valence electrons. The Bertz CT molecular complexity index is 714. The molecule has 1 amide bonds. The zero-order chi connectivity index (χ0) is 17.4. The molecule has 0 bridgehead atoms. The van der Waals surface area contributed by atoms with E-state index in [9.17, 15) is 4.79 Å². The zero-order valence-electron chi connectivity index (χ0n) is 13.7. The van der Waals surface area contributed by atoms with Gasteiger partial charge in [0, 0.05) is 17.1 Å². The summed E-state index contributed by atoms with van der Waals surface area (Å²) in [5.74, 6) is 1.23. The van der Waals surface area contributed by atoms with Gasteiger partial charge in [-0.3, -0.25) is 4.79 Å². The summed E-state index contributed by atoms with van der Waals surface area (Å²) in [6.45, 7) is 0.534. The molecule has 0 heterocycles. The lowest BCUT2D eigenvalue weighted by molar-refractivity contribution is -0.116. The average molecular weight is 390 g/mol. The third kappa shape index (κ3) is 5.13. The number of methoxy groups -OCH3 is 2. The third-order valence-electron chi connectivity index (χ3n) is 3.47. The smallest absolute Gasteiger partial charge is 0.244 e. The second-order valence-electron chi connectivity index (χ2n) is 5.08. The first-order chi connectivity index (χ1) is 11.6. The molecular weight excluding hydrogens is 370 g/mol. The number of hydrogen-bond acceptors (Lipinski definition) is 3. The molecule has 0 saturated carbocycles. The van der Waals surface area contributed by atoms with Crippen LogP contribution in [0.2, 0.25) is 0 Å². The number of hydrogen-bond donors (Lipinski definition) is 1. The van der Waals surface area contributed by atoms with Gasteiger partial charge < -0.3 is 14.8 Å². The van der Waals surface area contributed by atoms with Gasteiger partial charge in [0.25, 0.3) is 0 Å². The molecule has 0 aromatic heterocycles. The molecule has 0 aliphatic carbocycles. The number of ether oxygens (including phenoxy) is 2. The molecule has 2 aromatic carbocycles. The van der Waals surface area contributed by atoms with Gasteiger partial charge in [0.15, 0.2) is 11.5 Å². The summed E-state index contributed by atoms with van der Waals surface area (Å²) in [7, 11) is 3.20. The summed E-state index contributed by atoms with van der Waals surface area (Å²) in [5, 5.41) is 2.88. The molecule has 2 aromatic rings. The van der Waals surface area contributed by atoms with Crippen molar-refractivity contribution in [1.29, 1.82) is 0 Å². The van der Waals surface area contributed by atoms with E-state index in [0.29, 0.717) is 24.5 Å². The van der Waals surface area contributed by atoms with Crippen molar-refractivity contribution >= 4 is 27.9 Å². The summed E-state index contributed by atoms with van der Waals surface area (Å²) >= 11 is 3.52. The van der Waals surface area contributed by atoms with E-state index in [-0.39, 0.29) is 5.91 Å². The maximum absolute atomic E-state index is 11.9. The Morgan fingerprint density at radius 2 is 1.79 bits per heavy atom. The van der Waals surface area contributed by atoms with Crippen molar-refractivity contribution in [3.05, 3.63) is 64.1 Å². The van der Waals surface area contributed by atoms with E-state index in [4.69, 9.17) is 9.47 Å². The van der Waals surface area contributed by atoms with Gasteiger partial charge in [-0.05, 0) is 35.8 Å². The Kier molecular flexibility index (Phi) is 6.88. The molecule has 0 saturated heterocycles. The maximum atomic E-state index is 11.9. The molecule has 0 aliphatic rings. The van der Waals surface area contributed by atoms with Crippen molar-refractivity contribution in [3.63, 3.8) is 0 Å². The lowest BCUT2D eigenvalue weighted by atomic mass is 10.1. The van der Waals surface area contributed by atoms with Crippen LogP contribution in [-0.2, 0) is 11.2 Å². The van der Waals surface area contributed by atoms with Crippen LogP contribution < -0.4 is 14.8 Å². The van der Waals surface area contributed by atoms with Crippen LogP contribution in [0.3, 0.4) is 0 Å². The van der Waals surface area contributed by atoms with Gasteiger partial charge in [0.2, 0.25) is 5.91 Å². The number of carbonyl (C=O) groups excluding carboxylic acids is 1. The Morgan fingerprint density at radius 1 is 1.12 bits per heavy atom. The predicted octanol–water partition coefficient (Wildman–Crippen LogP) is 3.84. The standard InChI is InChI=1S/C19H20BrNO3/c1-23-17-12-15(16(20)13-18(17)24-2)10-11-21-19(22)9-8-14-6-4-3-5-7-14/h3-9,12-13H,10-11H2,1-2H3,(H,21,22)/b9-8+. The van der Waals surface area contributed by atoms with Crippen LogP contribution in [0, 0.1) is 0 Å². The summed E-state index contributed by atoms with van der Waals surface area (Å²) in [5.41, 5.74) is 2.04. The molecule has 0 atom stereocenters. The van der Waals surface area contributed by atoms with E-state index in [0.717, 1.165) is 15.6 Å². The minimum absolute atomic E-state index is 0.115. The largest absolute Gasteiger partial charge is 0.493 e. The van der Waals surface area contributed by atoms with Crippen molar-refractivity contribution in [2.75, 3.05) is 20.8 Å². The molecular formula is C19H20BrNO3. The lowest BCUT2D eigenvalue weighted by Gasteiger charge is -2.12. The Hall–Kier alpha value is -2.27. The minimum atomic E-state index is -0.115. The van der Waals surface area contributed by atoms with Crippen molar-refractivity contribution in [2.45, 2.75) is 6.42 Å². The van der Waals surface area contributed by atoms with Crippen molar-refractivity contribution < 1.29 is 14.3 Å². The molecule has 0 unspecified atom stereocenters. The topological polar surface area (TPSA) is 47.6 Å². The first-order valence-corrected chi connectivity index (χ1v) is 8.34. The van der Waals surface area contributed by atoms with Crippen LogP contribution in [0.1, 0.15) is 11.1 Å². The number of halogens is 1. The second-order valence-corrected chi connectivity index (χ2v) is 5.94. The number of amides is 1. The highest BCUT2D eigenvalue weighted by atomic mass is 79.9. The molecule has 0 aliphatic heterocycles. The molecule has 1 N–H and O–H groups in total. The van der Waals surface area contributed by atoms with Gasteiger partial charge in [-0.15, -0.1) is 0 Å². The van der Waals surface area contributed by atoms with E-state index >= 15 is 0 Å². The van der Waals surface area contributed by atoms with Crippen LogP contribution in [0.25, 0.3) is 6.08 Å². The molecule has 5 heteroatoms. The van der Waals surface area contributed by atoms with E-state index in [1.807, 2.05) is 42.5 Å². The van der Waals surface area contributed by atoms with Gasteiger partial charge in [-0.1, -0.05) is 46.3 Å². The Labute approximate surface area is 150 Å². The van der Waals surface area contributed by atoms with Gasteiger partial charge in [0.05, 0.1) is 14.2 Å². The monoisotopic (exact) mass is 389 g/mol. The van der Waals surface area contributed by atoms with Gasteiger partial charge >= 0.3 is 0 Å². The number of benzene rings is 2. The zero-order valence-corrected chi connectivity index (χ0v) is 15.3. The number of nitrogens with one attached hydrogen (secondary N) is 1. The van der Waals surface area contributed by atoms with Gasteiger partial charge in [-0.2, -0.15) is 0 Å². The number of carbonyl (C=O) groups is 1. The Balaban J connectivity index is 1.90. The quantitative estimate of drug-likeness (QED) is 0.731.